The van der Waals surface area contributed by atoms with E-state index in [0.717, 1.165) is 28.0 Å². The SMILES string of the molecule is C.C/C=C\C(=C/C)CC(Nc1cc(-c2ccc(-c3ccc(OC)cc3)cc2)ncn1)C(=O)O.C=C. The van der Waals surface area contributed by atoms with Crippen LogP contribution in [0.3, 0.4) is 0 Å². The smallest absolute Gasteiger partial charge is 0.326 e. The molecule has 0 aliphatic heterocycles. The number of hydrogen-bond acceptors (Lipinski definition) is 5. The number of nitrogens with one attached hydrogen (secondary N) is 1. The summed E-state index contributed by atoms with van der Waals surface area (Å²) in [6, 6.07) is 16.9. The van der Waals surface area contributed by atoms with Crippen molar-refractivity contribution in [2.75, 3.05) is 12.4 Å². The summed E-state index contributed by atoms with van der Waals surface area (Å²) in [5.74, 6) is 0.355. The standard InChI is InChI=1S/C26H27N3O3.C2H4.CH4/c1-4-6-18(5-2)15-24(26(30)31)29-25-16-23(27-17-28-25)21-9-7-19(8-10-21)20-11-13-22(32-3)14-12-20;1-2;/h4-14,16-17,24H,15H2,1-3H3,(H,30,31)(H,27,28,29);1-2H2;1H4/b6-4-,18-5+;;. The third kappa shape index (κ3) is 8.27. The average molecular weight is 474 g/mol. The predicted molar refractivity (Wildman–Crippen MR) is 146 cm³/mol. The van der Waals surface area contributed by atoms with Gasteiger partial charge in [0.05, 0.1) is 12.8 Å². The molecule has 0 aliphatic carbocycles. The number of hydrogen-bond donors (Lipinski definition) is 2. The Balaban J connectivity index is 0.00000199. The third-order valence-electron chi connectivity index (χ3n) is 5.08. The molecule has 0 aliphatic rings. The van der Waals surface area contributed by atoms with E-state index in [1.807, 2.05) is 80.6 Å². The molecule has 3 aromatic rings. The van der Waals surface area contributed by atoms with Gasteiger partial charge in [0.2, 0.25) is 0 Å². The molecule has 1 unspecified atom stereocenters. The van der Waals surface area contributed by atoms with Crippen molar-refractivity contribution in [1.29, 1.82) is 0 Å². The predicted octanol–water partition coefficient (Wildman–Crippen LogP) is 7.04. The van der Waals surface area contributed by atoms with Crippen molar-refractivity contribution < 1.29 is 14.6 Å². The van der Waals surface area contributed by atoms with Gasteiger partial charge in [-0.15, -0.1) is 13.2 Å². The summed E-state index contributed by atoms with van der Waals surface area (Å²) in [5, 5.41) is 12.7. The van der Waals surface area contributed by atoms with E-state index in [4.69, 9.17) is 4.74 Å². The summed E-state index contributed by atoms with van der Waals surface area (Å²) in [6.07, 6.45) is 7.51. The van der Waals surface area contributed by atoms with Crippen LogP contribution in [0.15, 0.2) is 97.9 Å². The van der Waals surface area contributed by atoms with Gasteiger partial charge in [0, 0.05) is 18.1 Å². The number of ether oxygens (including phenoxy) is 1. The summed E-state index contributed by atoms with van der Waals surface area (Å²) in [5.41, 5.74) is 4.75. The van der Waals surface area contributed by atoms with Crippen LogP contribution in [-0.2, 0) is 4.79 Å². The minimum absolute atomic E-state index is 0. The fraction of sp³-hybridized carbons (Fsp3) is 0.207. The van der Waals surface area contributed by atoms with Gasteiger partial charge in [-0.2, -0.15) is 0 Å². The molecule has 1 aromatic heterocycles. The molecular formula is C29H35N3O3. The first kappa shape index (κ1) is 28.8. The fourth-order valence-corrected chi connectivity index (χ4v) is 3.32. The van der Waals surface area contributed by atoms with Gasteiger partial charge in [-0.1, -0.05) is 62.1 Å². The third-order valence-corrected chi connectivity index (χ3v) is 5.08. The zero-order chi connectivity index (χ0) is 24.9. The van der Waals surface area contributed by atoms with Crippen LogP contribution in [0, 0.1) is 0 Å². The van der Waals surface area contributed by atoms with Gasteiger partial charge in [-0.05, 0) is 42.7 Å². The van der Waals surface area contributed by atoms with Crippen molar-refractivity contribution in [2.45, 2.75) is 33.7 Å². The number of carboxylic acid groups (broad SMARTS) is 1. The number of nitrogens with zero attached hydrogens (tertiary/aromatic N) is 2. The summed E-state index contributed by atoms with van der Waals surface area (Å²) in [7, 11) is 1.65. The van der Waals surface area contributed by atoms with Crippen LogP contribution >= 0.6 is 0 Å². The summed E-state index contributed by atoms with van der Waals surface area (Å²) in [4.78, 5) is 20.3. The molecule has 3 rings (SSSR count). The molecule has 6 heteroatoms. The molecule has 0 spiro atoms. The number of aromatic nitrogens is 2. The minimum Gasteiger partial charge on any atom is -0.497 e. The lowest BCUT2D eigenvalue weighted by atomic mass is 10.0. The first-order valence-electron chi connectivity index (χ1n) is 10.9. The zero-order valence-corrected chi connectivity index (χ0v) is 19.9. The number of benzene rings is 2. The number of carboxylic acids is 1. The number of aliphatic carboxylic acids is 1. The normalized spacial score (nSPS) is 11.6. The number of methoxy groups -OCH3 is 1. The molecule has 1 atom stereocenters. The van der Waals surface area contributed by atoms with Crippen molar-refractivity contribution in [3.63, 3.8) is 0 Å². The van der Waals surface area contributed by atoms with Gasteiger partial charge in [-0.25, -0.2) is 14.8 Å². The second kappa shape index (κ2) is 14.9. The van der Waals surface area contributed by atoms with Crippen molar-refractivity contribution >= 4 is 11.8 Å². The maximum Gasteiger partial charge on any atom is 0.326 e. The van der Waals surface area contributed by atoms with Crippen LogP contribution in [0.4, 0.5) is 5.82 Å². The van der Waals surface area contributed by atoms with E-state index in [1.54, 1.807) is 13.2 Å². The Bertz CT molecular complexity index is 1120. The van der Waals surface area contributed by atoms with E-state index in [9.17, 15) is 9.90 Å². The van der Waals surface area contributed by atoms with Crippen LogP contribution in [-0.4, -0.2) is 34.2 Å². The Hall–Kier alpha value is -4.19. The minimum atomic E-state index is -0.933. The molecule has 2 N–H and O–H groups in total. The Morgan fingerprint density at radius 3 is 2.11 bits per heavy atom. The quantitative estimate of drug-likeness (QED) is 0.256. The van der Waals surface area contributed by atoms with Crippen molar-refractivity contribution in [3.05, 3.63) is 97.9 Å². The largest absolute Gasteiger partial charge is 0.497 e. The highest BCUT2D eigenvalue weighted by molar-refractivity contribution is 5.78. The first-order valence-corrected chi connectivity index (χ1v) is 10.9. The van der Waals surface area contributed by atoms with Gasteiger partial charge in [0.15, 0.2) is 0 Å². The Morgan fingerprint density at radius 2 is 1.60 bits per heavy atom. The van der Waals surface area contributed by atoms with Crippen LogP contribution in [0.2, 0.25) is 0 Å². The number of anilines is 1. The fourth-order valence-electron chi connectivity index (χ4n) is 3.32. The van der Waals surface area contributed by atoms with Gasteiger partial charge < -0.3 is 15.2 Å². The van der Waals surface area contributed by atoms with Crippen LogP contribution in [0.1, 0.15) is 27.7 Å². The van der Waals surface area contributed by atoms with E-state index < -0.39 is 12.0 Å². The number of rotatable bonds is 9. The average Bonchev–Trinajstić information content (AvgIpc) is 2.89. The molecule has 35 heavy (non-hydrogen) atoms. The first-order chi connectivity index (χ1) is 16.5. The lowest BCUT2D eigenvalue weighted by molar-refractivity contribution is -0.137. The number of carbonyl (C=O) groups is 1. The van der Waals surface area contributed by atoms with Crippen LogP contribution in [0.5, 0.6) is 5.75 Å². The van der Waals surface area contributed by atoms with E-state index in [0.29, 0.717) is 17.9 Å². The second-order valence-corrected chi connectivity index (χ2v) is 7.20. The molecule has 1 heterocycles. The highest BCUT2D eigenvalue weighted by Gasteiger charge is 2.19. The van der Waals surface area contributed by atoms with Crippen LogP contribution < -0.4 is 10.1 Å². The highest BCUT2D eigenvalue weighted by atomic mass is 16.5. The molecule has 0 saturated carbocycles. The molecule has 0 radical (unpaired) electrons. The van der Waals surface area contributed by atoms with E-state index in [1.165, 1.54) is 6.33 Å². The summed E-state index contributed by atoms with van der Waals surface area (Å²) >= 11 is 0. The Labute approximate surface area is 208 Å². The molecule has 184 valence electrons. The molecule has 0 amide bonds. The van der Waals surface area contributed by atoms with Crippen LogP contribution in [0.25, 0.3) is 22.4 Å². The van der Waals surface area contributed by atoms with Gasteiger partial charge in [-0.3, -0.25) is 0 Å². The molecule has 6 nitrogen and oxygen atoms in total. The molecule has 0 fully saturated rings. The van der Waals surface area contributed by atoms with Gasteiger partial charge in [0.1, 0.15) is 23.9 Å². The van der Waals surface area contributed by atoms with Crippen molar-refractivity contribution in [3.8, 4) is 28.1 Å². The van der Waals surface area contributed by atoms with Gasteiger partial charge in [0.25, 0.3) is 0 Å². The summed E-state index contributed by atoms with van der Waals surface area (Å²) < 4.78 is 5.21. The van der Waals surface area contributed by atoms with Crippen molar-refractivity contribution in [1.82, 2.24) is 9.97 Å². The lowest BCUT2D eigenvalue weighted by Crippen LogP contribution is -2.30. The number of allylic oxidation sites excluding steroid dienone is 3. The Morgan fingerprint density at radius 1 is 1.03 bits per heavy atom. The lowest BCUT2D eigenvalue weighted by Gasteiger charge is -2.16. The molecule has 2 aromatic carbocycles. The zero-order valence-electron chi connectivity index (χ0n) is 19.9. The maximum atomic E-state index is 11.8. The monoisotopic (exact) mass is 473 g/mol. The molecule has 0 saturated heterocycles. The molecular weight excluding hydrogens is 438 g/mol. The van der Waals surface area contributed by atoms with E-state index in [-0.39, 0.29) is 7.43 Å². The Kier molecular flexibility index (Phi) is 12.2. The van der Waals surface area contributed by atoms with E-state index in [2.05, 4.69) is 28.4 Å². The maximum absolute atomic E-state index is 11.8. The topological polar surface area (TPSA) is 84.3 Å². The molecule has 0 bridgehead atoms. The highest BCUT2D eigenvalue weighted by Crippen LogP contribution is 2.26. The van der Waals surface area contributed by atoms with Gasteiger partial charge >= 0.3 is 5.97 Å². The van der Waals surface area contributed by atoms with Crippen molar-refractivity contribution in [2.24, 2.45) is 0 Å². The second-order valence-electron chi connectivity index (χ2n) is 7.20. The van der Waals surface area contributed by atoms with E-state index >= 15 is 0 Å². The summed E-state index contributed by atoms with van der Waals surface area (Å²) in [6.45, 7) is 9.80.